The summed E-state index contributed by atoms with van der Waals surface area (Å²) in [5, 5.41) is 0. The molecule has 1 aliphatic carbocycles. The lowest BCUT2D eigenvalue weighted by atomic mass is 9.65. The van der Waals surface area contributed by atoms with Gasteiger partial charge in [0.25, 0.3) is 0 Å². The lowest BCUT2D eigenvalue weighted by molar-refractivity contribution is -0.0268. The summed E-state index contributed by atoms with van der Waals surface area (Å²) < 4.78 is 5.32. The molecular formula is C11H20N2O2. The molecule has 0 atom stereocenters. The predicted octanol–water partition coefficient (Wildman–Crippen LogP) is 1.34. The summed E-state index contributed by atoms with van der Waals surface area (Å²) in [6.07, 6.45) is 1.90. The highest BCUT2D eigenvalue weighted by molar-refractivity contribution is 5.68. The minimum absolute atomic E-state index is 0.125. The van der Waals surface area contributed by atoms with Crippen LogP contribution >= 0.6 is 0 Å². The maximum absolute atomic E-state index is 11.8. The molecule has 0 aromatic rings. The second-order valence-corrected chi connectivity index (χ2v) is 6.00. The first-order chi connectivity index (χ1) is 6.77. The number of rotatable bonds is 0. The van der Waals surface area contributed by atoms with Crippen LogP contribution in [-0.4, -0.2) is 35.2 Å². The molecule has 1 amide bonds. The van der Waals surface area contributed by atoms with Gasteiger partial charge in [-0.25, -0.2) is 4.79 Å². The normalized spacial score (nSPS) is 34.7. The topological polar surface area (TPSA) is 55.6 Å². The maximum atomic E-state index is 11.8. The van der Waals surface area contributed by atoms with E-state index in [4.69, 9.17) is 10.5 Å². The van der Waals surface area contributed by atoms with Crippen molar-refractivity contribution in [3.8, 4) is 0 Å². The van der Waals surface area contributed by atoms with Crippen molar-refractivity contribution in [3.05, 3.63) is 0 Å². The summed E-state index contributed by atoms with van der Waals surface area (Å²) in [4.78, 5) is 13.5. The van der Waals surface area contributed by atoms with E-state index in [1.54, 1.807) is 4.90 Å². The van der Waals surface area contributed by atoms with E-state index >= 15 is 0 Å². The van der Waals surface area contributed by atoms with E-state index in [0.717, 1.165) is 19.4 Å². The van der Waals surface area contributed by atoms with Gasteiger partial charge in [0.1, 0.15) is 5.60 Å². The van der Waals surface area contributed by atoms with Crippen LogP contribution in [0.15, 0.2) is 0 Å². The van der Waals surface area contributed by atoms with Crippen molar-refractivity contribution < 1.29 is 9.53 Å². The summed E-state index contributed by atoms with van der Waals surface area (Å²) in [6, 6.07) is 0. The molecule has 15 heavy (non-hydrogen) atoms. The van der Waals surface area contributed by atoms with Crippen LogP contribution in [0, 0.1) is 5.92 Å². The molecule has 4 nitrogen and oxygen atoms in total. The number of fused-ring (bicyclic) bond motifs is 2. The van der Waals surface area contributed by atoms with E-state index in [-0.39, 0.29) is 11.6 Å². The number of piperidine rings is 2. The number of nitrogens with zero attached hydrogens (tertiary/aromatic N) is 1. The summed E-state index contributed by atoms with van der Waals surface area (Å²) in [5.74, 6) is 0.594. The number of hydrogen-bond acceptors (Lipinski definition) is 3. The Labute approximate surface area is 90.8 Å². The van der Waals surface area contributed by atoms with E-state index in [2.05, 4.69) is 0 Å². The molecule has 2 aliphatic heterocycles. The minimum atomic E-state index is -0.416. The SMILES string of the molecule is CC(C)(C)OC(=O)N1CC2CC(N)(C2)C1. The molecule has 0 spiro atoms. The fourth-order valence-electron chi connectivity index (χ4n) is 2.57. The standard InChI is InChI=1S/C11H20N2O2/c1-10(2,3)15-9(14)13-6-8-4-11(12,5-8)7-13/h8H,4-7,12H2,1-3H3. The first-order valence-electron chi connectivity index (χ1n) is 5.54. The molecule has 3 aliphatic rings. The highest BCUT2D eigenvalue weighted by atomic mass is 16.6. The van der Waals surface area contributed by atoms with Crippen LogP contribution in [0.2, 0.25) is 0 Å². The average Bonchev–Trinajstić information content (AvgIpc) is 1.98. The molecule has 0 radical (unpaired) electrons. The fraction of sp³-hybridized carbons (Fsp3) is 0.909. The third-order valence-electron chi connectivity index (χ3n) is 3.03. The predicted molar refractivity (Wildman–Crippen MR) is 57.4 cm³/mol. The van der Waals surface area contributed by atoms with E-state index in [1.165, 1.54) is 0 Å². The van der Waals surface area contributed by atoms with Crippen LogP contribution in [0.4, 0.5) is 4.79 Å². The molecule has 3 fully saturated rings. The van der Waals surface area contributed by atoms with E-state index in [1.807, 2.05) is 20.8 Å². The zero-order chi connectivity index (χ0) is 11.3. The van der Waals surface area contributed by atoms with Crippen molar-refractivity contribution in [2.75, 3.05) is 13.1 Å². The molecular weight excluding hydrogens is 192 g/mol. The molecule has 2 saturated heterocycles. The second kappa shape index (κ2) is 3.11. The van der Waals surface area contributed by atoms with Crippen molar-refractivity contribution in [3.63, 3.8) is 0 Å². The number of nitrogens with two attached hydrogens (primary N) is 1. The third-order valence-corrected chi connectivity index (χ3v) is 3.03. The van der Waals surface area contributed by atoms with Crippen molar-refractivity contribution in [2.45, 2.75) is 44.8 Å². The van der Waals surface area contributed by atoms with Gasteiger partial charge in [-0.15, -0.1) is 0 Å². The van der Waals surface area contributed by atoms with Crippen LogP contribution in [0.25, 0.3) is 0 Å². The summed E-state index contributed by atoms with van der Waals surface area (Å²) in [5.41, 5.74) is 5.54. The van der Waals surface area contributed by atoms with Crippen LogP contribution in [-0.2, 0) is 4.74 Å². The van der Waals surface area contributed by atoms with Gasteiger partial charge in [-0.05, 0) is 39.5 Å². The molecule has 2 N–H and O–H groups in total. The fourth-order valence-corrected chi connectivity index (χ4v) is 2.57. The van der Waals surface area contributed by atoms with Crippen molar-refractivity contribution in [1.29, 1.82) is 0 Å². The molecule has 0 aromatic heterocycles. The highest BCUT2D eigenvalue weighted by Crippen LogP contribution is 2.41. The van der Waals surface area contributed by atoms with Gasteiger partial charge in [0, 0.05) is 18.6 Å². The molecule has 3 rings (SSSR count). The first kappa shape index (κ1) is 10.7. The summed E-state index contributed by atoms with van der Waals surface area (Å²) >= 11 is 0. The Hall–Kier alpha value is -0.770. The lowest BCUT2D eigenvalue weighted by Crippen LogP contribution is -2.67. The molecule has 1 saturated carbocycles. The maximum Gasteiger partial charge on any atom is 0.410 e. The van der Waals surface area contributed by atoms with Crippen LogP contribution in [0.1, 0.15) is 33.6 Å². The summed E-state index contributed by atoms with van der Waals surface area (Å²) in [7, 11) is 0. The van der Waals surface area contributed by atoms with Gasteiger partial charge >= 0.3 is 6.09 Å². The zero-order valence-electron chi connectivity index (χ0n) is 9.75. The van der Waals surface area contributed by atoms with Gasteiger partial charge in [0.2, 0.25) is 0 Å². The van der Waals surface area contributed by atoms with Gasteiger partial charge in [0.15, 0.2) is 0 Å². The van der Waals surface area contributed by atoms with Crippen LogP contribution < -0.4 is 5.73 Å². The number of ether oxygens (including phenoxy) is 1. The van der Waals surface area contributed by atoms with Gasteiger partial charge in [-0.3, -0.25) is 0 Å². The molecule has 86 valence electrons. The van der Waals surface area contributed by atoms with Gasteiger partial charge in [-0.1, -0.05) is 0 Å². The van der Waals surface area contributed by atoms with Crippen molar-refractivity contribution in [2.24, 2.45) is 11.7 Å². The zero-order valence-corrected chi connectivity index (χ0v) is 9.75. The Kier molecular flexibility index (Phi) is 2.23. The average molecular weight is 212 g/mol. The van der Waals surface area contributed by atoms with E-state index in [9.17, 15) is 4.79 Å². The molecule has 0 aromatic carbocycles. The number of carbonyl (C=O) groups excluding carboxylic acids is 1. The minimum Gasteiger partial charge on any atom is -0.444 e. The van der Waals surface area contributed by atoms with Crippen LogP contribution in [0.3, 0.4) is 0 Å². The first-order valence-corrected chi connectivity index (χ1v) is 5.54. The lowest BCUT2D eigenvalue weighted by Gasteiger charge is -2.54. The number of hydrogen-bond donors (Lipinski definition) is 1. The quantitative estimate of drug-likeness (QED) is 0.659. The van der Waals surface area contributed by atoms with Gasteiger partial charge in [0.05, 0.1) is 0 Å². The van der Waals surface area contributed by atoms with E-state index < -0.39 is 5.60 Å². The largest absolute Gasteiger partial charge is 0.444 e. The Morgan fingerprint density at radius 3 is 2.53 bits per heavy atom. The van der Waals surface area contributed by atoms with Gasteiger partial charge in [-0.2, -0.15) is 0 Å². The molecule has 0 unspecified atom stereocenters. The molecule has 2 heterocycles. The number of carbonyl (C=O) groups is 1. The van der Waals surface area contributed by atoms with E-state index in [0.29, 0.717) is 12.5 Å². The van der Waals surface area contributed by atoms with Crippen molar-refractivity contribution in [1.82, 2.24) is 4.90 Å². The van der Waals surface area contributed by atoms with Crippen molar-refractivity contribution >= 4 is 6.09 Å². The Morgan fingerprint density at radius 1 is 1.47 bits per heavy atom. The molecule has 2 bridgehead atoms. The Morgan fingerprint density at radius 2 is 2.07 bits per heavy atom. The van der Waals surface area contributed by atoms with Crippen LogP contribution in [0.5, 0.6) is 0 Å². The van der Waals surface area contributed by atoms with Gasteiger partial charge < -0.3 is 15.4 Å². The second-order valence-electron chi connectivity index (χ2n) is 6.00. The number of amides is 1. The highest BCUT2D eigenvalue weighted by Gasteiger charge is 2.49. The Bertz CT molecular complexity index is 277. The molecule has 4 heteroatoms. The Balaban J connectivity index is 1.92. The smallest absolute Gasteiger partial charge is 0.410 e. The summed E-state index contributed by atoms with van der Waals surface area (Å²) in [6.45, 7) is 7.11. The third kappa shape index (κ3) is 2.25. The monoisotopic (exact) mass is 212 g/mol.